The Kier molecular flexibility index (Phi) is 6.19. The number of nitrogens with two attached hydrogens (primary N) is 2. The van der Waals surface area contributed by atoms with Gasteiger partial charge in [0.2, 0.25) is 5.95 Å². The quantitative estimate of drug-likeness (QED) is 0.553. The molecule has 3 rings (SSSR count). The first kappa shape index (κ1) is 19.3. The molecule has 8 heteroatoms. The molecular formula is C18H20ClN5O2. The maximum Gasteiger partial charge on any atom is 0.300 e. The number of hydrogen-bond acceptors (Lipinski definition) is 6. The number of anilines is 3. The third kappa shape index (κ3) is 4.97. The van der Waals surface area contributed by atoms with Crippen LogP contribution < -0.4 is 16.8 Å². The van der Waals surface area contributed by atoms with Crippen molar-refractivity contribution in [3.8, 4) is 0 Å². The second-order valence-electron chi connectivity index (χ2n) is 5.59. The normalized spacial score (nSPS) is 10.1. The van der Waals surface area contributed by atoms with E-state index < -0.39 is 5.97 Å². The molecule has 6 N–H and O–H groups in total. The number of carboxylic acid groups (broad SMARTS) is 1. The summed E-state index contributed by atoms with van der Waals surface area (Å²) in [5.41, 5.74) is 15.6. The van der Waals surface area contributed by atoms with E-state index >= 15 is 0 Å². The van der Waals surface area contributed by atoms with E-state index in [0.29, 0.717) is 12.4 Å². The molecule has 0 saturated carbocycles. The average molecular weight is 374 g/mol. The van der Waals surface area contributed by atoms with Gasteiger partial charge < -0.3 is 21.9 Å². The summed E-state index contributed by atoms with van der Waals surface area (Å²) >= 11 is 5.88. The maximum atomic E-state index is 9.00. The molecule has 0 amide bonds. The van der Waals surface area contributed by atoms with E-state index in [2.05, 4.69) is 15.3 Å². The van der Waals surface area contributed by atoms with E-state index in [1.165, 1.54) is 0 Å². The summed E-state index contributed by atoms with van der Waals surface area (Å²) in [4.78, 5) is 17.3. The molecule has 0 radical (unpaired) electrons. The van der Waals surface area contributed by atoms with E-state index in [0.717, 1.165) is 39.7 Å². The Balaban J connectivity index is 0.000000552. The minimum Gasteiger partial charge on any atom is -0.481 e. The number of rotatable bonds is 3. The van der Waals surface area contributed by atoms with Crippen molar-refractivity contribution >= 4 is 45.9 Å². The molecule has 0 spiro atoms. The predicted molar refractivity (Wildman–Crippen MR) is 105 cm³/mol. The van der Waals surface area contributed by atoms with E-state index in [1.807, 2.05) is 43.3 Å². The van der Waals surface area contributed by atoms with Crippen molar-refractivity contribution in [3.05, 3.63) is 52.5 Å². The van der Waals surface area contributed by atoms with Crippen molar-refractivity contribution in [2.45, 2.75) is 20.4 Å². The van der Waals surface area contributed by atoms with Crippen molar-refractivity contribution < 1.29 is 9.90 Å². The number of aliphatic carboxylic acids is 1. The lowest BCUT2D eigenvalue weighted by molar-refractivity contribution is -0.134. The van der Waals surface area contributed by atoms with Gasteiger partial charge in [-0.15, -0.1) is 0 Å². The Hall–Kier alpha value is -3.06. The molecule has 136 valence electrons. The Morgan fingerprint density at radius 3 is 2.38 bits per heavy atom. The molecule has 0 fully saturated rings. The third-order valence-electron chi connectivity index (χ3n) is 3.61. The number of nitrogen functional groups attached to an aromatic ring is 2. The molecule has 26 heavy (non-hydrogen) atoms. The largest absolute Gasteiger partial charge is 0.481 e. The van der Waals surface area contributed by atoms with Crippen molar-refractivity contribution in [2.75, 3.05) is 16.8 Å². The maximum absolute atomic E-state index is 9.00. The highest BCUT2D eigenvalue weighted by Crippen LogP contribution is 2.26. The Morgan fingerprint density at radius 2 is 1.77 bits per heavy atom. The summed E-state index contributed by atoms with van der Waals surface area (Å²) in [6, 6.07) is 11.5. The second-order valence-corrected chi connectivity index (χ2v) is 6.03. The monoisotopic (exact) mass is 373 g/mol. The van der Waals surface area contributed by atoms with Crippen LogP contribution in [0.5, 0.6) is 0 Å². The highest BCUT2D eigenvalue weighted by atomic mass is 35.5. The number of carbonyl (C=O) groups is 1. The number of benzene rings is 2. The molecule has 0 bridgehead atoms. The first-order valence-corrected chi connectivity index (χ1v) is 8.16. The first-order chi connectivity index (χ1) is 12.3. The highest BCUT2D eigenvalue weighted by molar-refractivity contribution is 6.30. The summed E-state index contributed by atoms with van der Waals surface area (Å²) in [7, 11) is 0. The van der Waals surface area contributed by atoms with E-state index in [-0.39, 0.29) is 5.95 Å². The van der Waals surface area contributed by atoms with Crippen LogP contribution in [0, 0.1) is 6.92 Å². The van der Waals surface area contributed by atoms with Gasteiger partial charge >= 0.3 is 0 Å². The number of nitrogens with one attached hydrogen (secondary N) is 1. The van der Waals surface area contributed by atoms with Crippen LogP contribution in [0.2, 0.25) is 5.02 Å². The fourth-order valence-corrected chi connectivity index (χ4v) is 2.57. The molecule has 0 aliphatic rings. The lowest BCUT2D eigenvalue weighted by Gasteiger charge is -2.12. The smallest absolute Gasteiger partial charge is 0.300 e. The number of nitrogens with zero attached hydrogens (tertiary/aromatic N) is 2. The molecule has 0 unspecified atom stereocenters. The molecule has 1 aromatic heterocycles. The number of hydrogen-bond donors (Lipinski definition) is 4. The fraction of sp³-hybridized carbons (Fsp3) is 0.167. The fourth-order valence-electron chi connectivity index (χ4n) is 2.44. The molecule has 0 saturated heterocycles. The van der Waals surface area contributed by atoms with Crippen LogP contribution >= 0.6 is 11.6 Å². The van der Waals surface area contributed by atoms with Crippen LogP contribution in [0.15, 0.2) is 36.4 Å². The van der Waals surface area contributed by atoms with Crippen LogP contribution in [-0.2, 0) is 11.3 Å². The van der Waals surface area contributed by atoms with Crippen molar-refractivity contribution in [1.29, 1.82) is 0 Å². The minimum atomic E-state index is -0.833. The standard InChI is InChI=1S/C16H16ClN5.C2H4O2/c1-9-10(8-20-12-5-3-11(17)4-6-12)2-7-13-14(9)15(18)22-16(19)21-13;1-2(3)4/h2-7,20H,8H2,1H3,(H4,18,19,21,22);1H3,(H,3,4). The molecule has 0 aliphatic carbocycles. The second kappa shape index (κ2) is 8.35. The highest BCUT2D eigenvalue weighted by Gasteiger charge is 2.09. The third-order valence-corrected chi connectivity index (χ3v) is 3.86. The molecule has 0 atom stereocenters. The topological polar surface area (TPSA) is 127 Å². The van der Waals surface area contributed by atoms with Gasteiger partial charge in [-0.3, -0.25) is 4.79 Å². The SMILES string of the molecule is CC(=O)O.Cc1c(CNc2ccc(Cl)cc2)ccc2nc(N)nc(N)c12. The number of carboxylic acids is 1. The van der Waals surface area contributed by atoms with E-state index in [4.69, 9.17) is 33.0 Å². The predicted octanol–water partition coefficient (Wildman–Crippen LogP) is 3.46. The zero-order valence-corrected chi connectivity index (χ0v) is 15.2. The van der Waals surface area contributed by atoms with Gasteiger partial charge in [0.25, 0.3) is 5.97 Å². The van der Waals surface area contributed by atoms with Gasteiger partial charge in [-0.2, -0.15) is 4.98 Å². The molecule has 1 heterocycles. The molecule has 0 aliphatic heterocycles. The molecular weight excluding hydrogens is 354 g/mol. The van der Waals surface area contributed by atoms with Gasteiger partial charge in [-0.25, -0.2) is 4.98 Å². The van der Waals surface area contributed by atoms with Crippen LogP contribution in [-0.4, -0.2) is 21.0 Å². The van der Waals surface area contributed by atoms with E-state index in [9.17, 15) is 0 Å². The van der Waals surface area contributed by atoms with Gasteiger partial charge in [0, 0.05) is 29.6 Å². The van der Waals surface area contributed by atoms with Crippen LogP contribution in [0.3, 0.4) is 0 Å². The first-order valence-electron chi connectivity index (χ1n) is 7.78. The number of halogens is 1. The lowest BCUT2D eigenvalue weighted by atomic mass is 10.0. The molecule has 2 aromatic carbocycles. The van der Waals surface area contributed by atoms with Crippen LogP contribution in [0.1, 0.15) is 18.1 Å². The average Bonchev–Trinajstić information content (AvgIpc) is 2.54. The summed E-state index contributed by atoms with van der Waals surface area (Å²) in [6.07, 6.45) is 0. The zero-order valence-electron chi connectivity index (χ0n) is 14.5. The number of fused-ring (bicyclic) bond motifs is 1. The van der Waals surface area contributed by atoms with Crippen molar-refractivity contribution in [3.63, 3.8) is 0 Å². The van der Waals surface area contributed by atoms with Crippen LogP contribution in [0.25, 0.3) is 10.9 Å². The summed E-state index contributed by atoms with van der Waals surface area (Å²) in [5, 5.41) is 12.3. The van der Waals surface area contributed by atoms with Gasteiger partial charge in [0.05, 0.1) is 5.52 Å². The van der Waals surface area contributed by atoms with Gasteiger partial charge in [0.1, 0.15) is 5.82 Å². The molecule has 3 aromatic rings. The van der Waals surface area contributed by atoms with Crippen molar-refractivity contribution in [2.24, 2.45) is 0 Å². The summed E-state index contributed by atoms with van der Waals surface area (Å²) in [6.45, 7) is 3.77. The van der Waals surface area contributed by atoms with Gasteiger partial charge in [0.15, 0.2) is 0 Å². The molecule has 7 nitrogen and oxygen atoms in total. The number of aromatic nitrogens is 2. The number of aryl methyl sites for hydroxylation is 1. The minimum absolute atomic E-state index is 0.191. The summed E-state index contributed by atoms with van der Waals surface area (Å²) in [5.74, 6) is -0.232. The Morgan fingerprint density at radius 1 is 1.15 bits per heavy atom. The Bertz CT molecular complexity index is 925. The van der Waals surface area contributed by atoms with Crippen molar-refractivity contribution in [1.82, 2.24) is 9.97 Å². The van der Waals surface area contributed by atoms with Gasteiger partial charge in [-0.1, -0.05) is 17.7 Å². The zero-order chi connectivity index (χ0) is 19.3. The van der Waals surface area contributed by atoms with Crippen LogP contribution in [0.4, 0.5) is 17.5 Å². The van der Waals surface area contributed by atoms with E-state index in [1.54, 1.807) is 0 Å². The Labute approximate surface area is 156 Å². The summed E-state index contributed by atoms with van der Waals surface area (Å²) < 4.78 is 0. The lowest BCUT2D eigenvalue weighted by Crippen LogP contribution is -2.05. The van der Waals surface area contributed by atoms with Gasteiger partial charge in [-0.05, 0) is 48.4 Å².